The molecule has 2 aliphatic carbocycles. The molecule has 7 nitrogen and oxygen atoms in total. The third-order valence-electron chi connectivity index (χ3n) is 6.15. The molecule has 0 atom stereocenters. The predicted octanol–water partition coefficient (Wildman–Crippen LogP) is 5.17. The van der Waals surface area contributed by atoms with E-state index < -0.39 is 0 Å². The van der Waals surface area contributed by atoms with Gasteiger partial charge in [0, 0.05) is 24.0 Å². The topological polar surface area (TPSA) is 107 Å². The average Bonchev–Trinajstić information content (AvgIpc) is 3.67. The fourth-order valence-electron chi connectivity index (χ4n) is 4.18. The largest absolute Gasteiger partial charge is 0.393 e. The van der Waals surface area contributed by atoms with Gasteiger partial charge in [-0.25, -0.2) is 15.0 Å². The SMILES string of the molecule is Cl.N#Cc1ccnc(Nc2cc(C3CC3)cc(-c3ccc(N[C@H]4CC[C@H](O)CC4)nc3)n2)c1. The first-order valence-electron chi connectivity index (χ1n) is 11.2. The van der Waals surface area contributed by atoms with Crippen molar-refractivity contribution < 1.29 is 5.11 Å². The molecule has 0 saturated heterocycles. The lowest BCUT2D eigenvalue weighted by molar-refractivity contribution is 0.126. The molecule has 0 aliphatic heterocycles. The van der Waals surface area contributed by atoms with Crippen LogP contribution in [-0.2, 0) is 0 Å². The van der Waals surface area contributed by atoms with Crippen molar-refractivity contribution in [1.29, 1.82) is 5.26 Å². The molecule has 3 aromatic heterocycles. The van der Waals surface area contributed by atoms with E-state index in [0.717, 1.165) is 48.6 Å². The normalized spacial score (nSPS) is 19.8. The van der Waals surface area contributed by atoms with Crippen molar-refractivity contribution in [3.8, 4) is 17.3 Å². The van der Waals surface area contributed by atoms with Crippen molar-refractivity contribution in [2.45, 2.75) is 56.6 Å². The maximum Gasteiger partial charge on any atom is 0.132 e. The van der Waals surface area contributed by atoms with Crippen molar-refractivity contribution in [1.82, 2.24) is 15.0 Å². The lowest BCUT2D eigenvalue weighted by Gasteiger charge is -2.26. The molecule has 2 aliphatic rings. The number of anilines is 3. The number of nitrogens with zero attached hydrogens (tertiary/aromatic N) is 4. The Morgan fingerprint density at radius 2 is 1.73 bits per heavy atom. The molecule has 33 heavy (non-hydrogen) atoms. The van der Waals surface area contributed by atoms with E-state index in [4.69, 9.17) is 10.2 Å². The molecule has 0 amide bonds. The van der Waals surface area contributed by atoms with E-state index in [1.54, 1.807) is 18.3 Å². The molecule has 2 saturated carbocycles. The molecule has 0 bridgehead atoms. The van der Waals surface area contributed by atoms with Crippen LogP contribution in [0.25, 0.3) is 11.3 Å². The van der Waals surface area contributed by atoms with E-state index in [2.05, 4.69) is 38.8 Å². The van der Waals surface area contributed by atoms with Crippen molar-refractivity contribution in [2.24, 2.45) is 0 Å². The monoisotopic (exact) mass is 462 g/mol. The van der Waals surface area contributed by atoms with Crippen molar-refractivity contribution in [3.63, 3.8) is 0 Å². The average molecular weight is 463 g/mol. The number of aliphatic hydroxyl groups excluding tert-OH is 1. The molecule has 2 fully saturated rings. The van der Waals surface area contributed by atoms with E-state index in [9.17, 15) is 5.11 Å². The number of nitriles is 1. The van der Waals surface area contributed by atoms with E-state index >= 15 is 0 Å². The Bertz CT molecular complexity index is 1130. The van der Waals surface area contributed by atoms with Gasteiger partial charge in [-0.1, -0.05) is 0 Å². The second-order valence-corrected chi connectivity index (χ2v) is 8.69. The predicted molar refractivity (Wildman–Crippen MR) is 131 cm³/mol. The summed E-state index contributed by atoms with van der Waals surface area (Å²) in [6, 6.07) is 14.2. The van der Waals surface area contributed by atoms with Crippen LogP contribution in [0.5, 0.6) is 0 Å². The maximum atomic E-state index is 9.69. The molecule has 0 aromatic carbocycles. The van der Waals surface area contributed by atoms with Crippen LogP contribution in [0.15, 0.2) is 48.8 Å². The fourth-order valence-corrected chi connectivity index (χ4v) is 4.18. The summed E-state index contributed by atoms with van der Waals surface area (Å²) in [6.45, 7) is 0. The summed E-state index contributed by atoms with van der Waals surface area (Å²) in [6.07, 6.45) is 9.33. The Balaban J connectivity index is 0.00000259. The third kappa shape index (κ3) is 5.78. The van der Waals surface area contributed by atoms with Gasteiger partial charge in [-0.3, -0.25) is 0 Å². The molecule has 0 spiro atoms. The number of nitrogens with one attached hydrogen (secondary N) is 2. The van der Waals surface area contributed by atoms with Crippen LogP contribution in [0.1, 0.15) is 55.6 Å². The molecule has 0 unspecified atom stereocenters. The van der Waals surface area contributed by atoms with Crippen LogP contribution in [0.2, 0.25) is 0 Å². The van der Waals surface area contributed by atoms with Crippen LogP contribution in [0.4, 0.5) is 17.5 Å². The number of aromatic nitrogens is 3. The third-order valence-corrected chi connectivity index (χ3v) is 6.15. The Morgan fingerprint density at radius 3 is 2.42 bits per heavy atom. The van der Waals surface area contributed by atoms with E-state index in [1.165, 1.54) is 18.4 Å². The Kier molecular flexibility index (Phi) is 7.07. The van der Waals surface area contributed by atoms with Gasteiger partial charge < -0.3 is 15.7 Å². The summed E-state index contributed by atoms with van der Waals surface area (Å²) < 4.78 is 0. The van der Waals surface area contributed by atoms with Gasteiger partial charge in [-0.2, -0.15) is 5.26 Å². The molecule has 0 radical (unpaired) electrons. The lowest BCUT2D eigenvalue weighted by atomic mass is 9.93. The molecule has 3 aromatic rings. The summed E-state index contributed by atoms with van der Waals surface area (Å²) >= 11 is 0. The highest BCUT2D eigenvalue weighted by atomic mass is 35.5. The standard InChI is InChI=1S/C25H26N6O.ClH/c26-14-16-9-10-27-24(11-16)31-25-13-19(17-1-2-17)12-22(30-25)18-3-8-23(28-15-18)29-20-4-6-21(32)7-5-20;/h3,8-13,15,17,20-21,32H,1-2,4-7H2,(H,28,29)(H,27,30,31);1H/t20-,21-;. The maximum absolute atomic E-state index is 9.69. The van der Waals surface area contributed by atoms with Crippen LogP contribution in [0, 0.1) is 11.3 Å². The van der Waals surface area contributed by atoms with Gasteiger partial charge in [-0.15, -0.1) is 12.4 Å². The minimum Gasteiger partial charge on any atom is -0.393 e. The minimum atomic E-state index is -0.159. The van der Waals surface area contributed by atoms with Gasteiger partial charge in [-0.05, 0) is 86.4 Å². The second-order valence-electron chi connectivity index (χ2n) is 8.69. The van der Waals surface area contributed by atoms with Gasteiger partial charge in [0.15, 0.2) is 0 Å². The van der Waals surface area contributed by atoms with Crippen LogP contribution >= 0.6 is 12.4 Å². The first kappa shape index (κ1) is 23.0. The summed E-state index contributed by atoms with van der Waals surface area (Å²) in [4.78, 5) is 13.7. The van der Waals surface area contributed by atoms with E-state index in [-0.39, 0.29) is 18.5 Å². The smallest absolute Gasteiger partial charge is 0.132 e. The lowest BCUT2D eigenvalue weighted by Crippen LogP contribution is -2.28. The zero-order chi connectivity index (χ0) is 21.9. The van der Waals surface area contributed by atoms with Gasteiger partial charge in [0.2, 0.25) is 0 Å². The highest BCUT2D eigenvalue weighted by molar-refractivity contribution is 5.85. The van der Waals surface area contributed by atoms with Gasteiger partial charge in [0.1, 0.15) is 17.5 Å². The second kappa shape index (κ2) is 10.2. The molecule has 8 heteroatoms. The molecular formula is C25H27ClN6O. The highest BCUT2D eigenvalue weighted by Crippen LogP contribution is 2.42. The van der Waals surface area contributed by atoms with Gasteiger partial charge >= 0.3 is 0 Å². The summed E-state index contributed by atoms with van der Waals surface area (Å²) in [5.41, 5.74) is 3.64. The summed E-state index contributed by atoms with van der Waals surface area (Å²) in [7, 11) is 0. The highest BCUT2D eigenvalue weighted by Gasteiger charge is 2.25. The minimum absolute atomic E-state index is 0. The molecule has 5 rings (SSSR count). The fraction of sp³-hybridized carbons (Fsp3) is 0.360. The number of hydrogen-bond acceptors (Lipinski definition) is 7. The van der Waals surface area contributed by atoms with Crippen molar-refractivity contribution >= 4 is 29.9 Å². The van der Waals surface area contributed by atoms with E-state index in [1.807, 2.05) is 18.3 Å². The van der Waals surface area contributed by atoms with Crippen LogP contribution in [0.3, 0.4) is 0 Å². The zero-order valence-electron chi connectivity index (χ0n) is 18.2. The molecule has 3 N–H and O–H groups in total. The zero-order valence-corrected chi connectivity index (χ0v) is 19.1. The summed E-state index contributed by atoms with van der Waals surface area (Å²) in [5.74, 6) is 2.75. The Labute approximate surface area is 199 Å². The Hall–Kier alpha value is -3.21. The number of pyridine rings is 3. The first-order valence-corrected chi connectivity index (χ1v) is 11.2. The van der Waals surface area contributed by atoms with E-state index in [0.29, 0.717) is 23.3 Å². The first-order chi connectivity index (χ1) is 15.7. The number of rotatable bonds is 6. The van der Waals surface area contributed by atoms with Gasteiger partial charge in [0.25, 0.3) is 0 Å². The van der Waals surface area contributed by atoms with Crippen LogP contribution < -0.4 is 10.6 Å². The molecule has 3 heterocycles. The van der Waals surface area contributed by atoms with Crippen LogP contribution in [-0.4, -0.2) is 32.2 Å². The van der Waals surface area contributed by atoms with Crippen molar-refractivity contribution in [3.05, 3.63) is 59.9 Å². The number of aliphatic hydroxyl groups is 1. The summed E-state index contributed by atoms with van der Waals surface area (Å²) in [5, 5.41) is 25.6. The van der Waals surface area contributed by atoms with Crippen molar-refractivity contribution in [2.75, 3.05) is 10.6 Å². The molecular weight excluding hydrogens is 436 g/mol. The number of halogens is 1. The quantitative estimate of drug-likeness (QED) is 0.464. The van der Waals surface area contributed by atoms with Gasteiger partial charge in [0.05, 0.1) is 23.4 Å². The molecule has 170 valence electrons. The number of hydrogen-bond donors (Lipinski definition) is 3. The Morgan fingerprint density at radius 1 is 0.909 bits per heavy atom.